The third kappa shape index (κ3) is 13.5. The number of benzene rings is 1. The van der Waals surface area contributed by atoms with Crippen molar-refractivity contribution in [3.8, 4) is 5.75 Å². The molecule has 0 amide bonds. The predicted molar refractivity (Wildman–Crippen MR) is 121 cm³/mol. The van der Waals surface area contributed by atoms with Crippen LogP contribution in [0.15, 0.2) is 41.3 Å². The van der Waals surface area contributed by atoms with E-state index in [-0.39, 0.29) is 16.6 Å². The highest BCUT2D eigenvalue weighted by Crippen LogP contribution is 2.17. The van der Waals surface area contributed by atoms with Crippen LogP contribution in [0.5, 0.6) is 5.75 Å². The lowest BCUT2D eigenvalue weighted by Gasteiger charge is -2.05. The van der Waals surface area contributed by atoms with Gasteiger partial charge in [0, 0.05) is 6.42 Å². The van der Waals surface area contributed by atoms with Crippen LogP contribution >= 0.6 is 0 Å². The molecule has 0 bridgehead atoms. The minimum Gasteiger partial charge on any atom is -0.427 e. The standard InChI is InChI=1S/C24H38O5S/c1-2-3-4-5-6-7-8-9-10-11-12-13-14-15-16-17-24(25)29-22-18-20-23(21-19-22)30(26,27)28/h9-10,18-21H,2-8,11-17H2,1H3,(H,26,27,28). The Morgan fingerprint density at radius 1 is 0.833 bits per heavy atom. The Labute approximate surface area is 182 Å². The van der Waals surface area contributed by atoms with Gasteiger partial charge in [0.15, 0.2) is 0 Å². The van der Waals surface area contributed by atoms with E-state index in [0.717, 1.165) is 25.7 Å². The van der Waals surface area contributed by atoms with Gasteiger partial charge in [0.1, 0.15) is 5.75 Å². The fourth-order valence-corrected chi connectivity index (χ4v) is 3.68. The first-order valence-corrected chi connectivity index (χ1v) is 12.8. The number of rotatable bonds is 17. The van der Waals surface area contributed by atoms with Crippen LogP contribution < -0.4 is 4.74 Å². The summed E-state index contributed by atoms with van der Waals surface area (Å²) in [6.45, 7) is 2.25. The van der Waals surface area contributed by atoms with Crippen molar-refractivity contribution in [2.45, 2.75) is 102 Å². The quantitative estimate of drug-likeness (QED) is 0.0943. The van der Waals surface area contributed by atoms with Crippen molar-refractivity contribution in [3.63, 3.8) is 0 Å². The van der Waals surface area contributed by atoms with E-state index in [9.17, 15) is 13.2 Å². The Hall–Kier alpha value is -1.66. The highest BCUT2D eigenvalue weighted by atomic mass is 32.2. The molecule has 5 nitrogen and oxygen atoms in total. The molecule has 1 N–H and O–H groups in total. The molecule has 0 unspecified atom stereocenters. The van der Waals surface area contributed by atoms with Crippen molar-refractivity contribution in [2.24, 2.45) is 0 Å². The van der Waals surface area contributed by atoms with Crippen LogP contribution in [0, 0.1) is 0 Å². The first-order valence-electron chi connectivity index (χ1n) is 11.4. The van der Waals surface area contributed by atoms with Gasteiger partial charge >= 0.3 is 5.97 Å². The van der Waals surface area contributed by atoms with Gasteiger partial charge < -0.3 is 4.74 Å². The Balaban J connectivity index is 1.97. The third-order valence-corrected chi connectivity index (χ3v) is 5.86. The van der Waals surface area contributed by atoms with Crippen LogP contribution in [0.1, 0.15) is 96.8 Å². The van der Waals surface area contributed by atoms with Crippen LogP contribution in [-0.4, -0.2) is 18.9 Å². The molecule has 1 aromatic carbocycles. The number of hydrogen-bond acceptors (Lipinski definition) is 4. The number of unbranched alkanes of at least 4 members (excludes halogenated alkanes) is 11. The Morgan fingerprint density at radius 2 is 1.33 bits per heavy atom. The maximum Gasteiger partial charge on any atom is 0.311 e. The molecule has 0 radical (unpaired) electrons. The Morgan fingerprint density at radius 3 is 1.87 bits per heavy atom. The molecule has 1 aromatic rings. The predicted octanol–water partition coefficient (Wildman–Crippen LogP) is 6.88. The molecule has 0 heterocycles. The largest absolute Gasteiger partial charge is 0.427 e. The van der Waals surface area contributed by atoms with Crippen molar-refractivity contribution in [2.75, 3.05) is 0 Å². The topological polar surface area (TPSA) is 80.7 Å². The first kappa shape index (κ1) is 26.4. The second-order valence-corrected chi connectivity index (χ2v) is 9.18. The van der Waals surface area contributed by atoms with Gasteiger partial charge in [-0.05, 0) is 56.4 Å². The summed E-state index contributed by atoms with van der Waals surface area (Å²) >= 11 is 0. The zero-order chi connectivity index (χ0) is 22.1. The van der Waals surface area contributed by atoms with Gasteiger partial charge in [-0.3, -0.25) is 9.35 Å². The molecule has 0 aromatic heterocycles. The van der Waals surface area contributed by atoms with E-state index in [1.54, 1.807) is 0 Å². The average Bonchev–Trinajstić information content (AvgIpc) is 2.70. The van der Waals surface area contributed by atoms with Crippen LogP contribution in [0.3, 0.4) is 0 Å². The summed E-state index contributed by atoms with van der Waals surface area (Å²) < 4.78 is 36.1. The van der Waals surface area contributed by atoms with E-state index in [1.165, 1.54) is 82.1 Å². The molecule has 170 valence electrons. The molecule has 6 heteroatoms. The molecule has 1 rings (SSSR count). The van der Waals surface area contributed by atoms with Crippen molar-refractivity contribution < 1.29 is 22.5 Å². The average molecular weight is 439 g/mol. The second kappa shape index (κ2) is 16.1. The summed E-state index contributed by atoms with van der Waals surface area (Å²) in [5, 5.41) is 0. The van der Waals surface area contributed by atoms with Crippen LogP contribution in [0.4, 0.5) is 0 Å². The molecule has 0 aliphatic heterocycles. The van der Waals surface area contributed by atoms with Gasteiger partial charge in [-0.1, -0.05) is 70.4 Å². The summed E-state index contributed by atoms with van der Waals surface area (Å²) in [5.74, 6) is -0.0487. The highest BCUT2D eigenvalue weighted by molar-refractivity contribution is 7.85. The Kier molecular flexibility index (Phi) is 14.1. The van der Waals surface area contributed by atoms with Crippen molar-refractivity contribution in [1.82, 2.24) is 0 Å². The summed E-state index contributed by atoms with van der Waals surface area (Å²) in [5.41, 5.74) is 0. The number of hydrogen-bond donors (Lipinski definition) is 1. The molecule has 0 atom stereocenters. The van der Waals surface area contributed by atoms with E-state index < -0.39 is 10.1 Å². The highest BCUT2D eigenvalue weighted by Gasteiger charge is 2.10. The third-order valence-electron chi connectivity index (χ3n) is 5.00. The van der Waals surface area contributed by atoms with Gasteiger partial charge in [0.05, 0.1) is 4.90 Å². The summed E-state index contributed by atoms with van der Waals surface area (Å²) in [6.07, 6.45) is 20.6. The fraction of sp³-hybridized carbons (Fsp3) is 0.625. The fourth-order valence-electron chi connectivity index (χ4n) is 3.20. The normalized spacial score (nSPS) is 11.8. The SMILES string of the molecule is CCCCCCCCC=CCCCCCCCC(=O)Oc1ccc(S(=O)(=O)O)cc1. The maximum atomic E-state index is 11.8. The molecule has 0 saturated carbocycles. The minimum atomic E-state index is -4.23. The van der Waals surface area contributed by atoms with Gasteiger partial charge in [-0.15, -0.1) is 0 Å². The van der Waals surface area contributed by atoms with E-state index in [0.29, 0.717) is 6.42 Å². The smallest absolute Gasteiger partial charge is 0.311 e. The molecule has 0 spiro atoms. The lowest BCUT2D eigenvalue weighted by molar-refractivity contribution is -0.134. The van der Waals surface area contributed by atoms with Crippen LogP contribution in [0.25, 0.3) is 0 Å². The lowest BCUT2D eigenvalue weighted by atomic mass is 10.1. The minimum absolute atomic E-state index is 0.223. The molecular formula is C24H38O5S. The second-order valence-electron chi connectivity index (χ2n) is 7.75. The number of esters is 1. The van der Waals surface area contributed by atoms with E-state index >= 15 is 0 Å². The van der Waals surface area contributed by atoms with E-state index in [1.807, 2.05) is 0 Å². The van der Waals surface area contributed by atoms with Gasteiger partial charge in [0.2, 0.25) is 0 Å². The van der Waals surface area contributed by atoms with Crippen molar-refractivity contribution in [1.29, 1.82) is 0 Å². The number of carbonyl (C=O) groups is 1. The van der Waals surface area contributed by atoms with Gasteiger partial charge in [-0.25, -0.2) is 0 Å². The number of ether oxygens (including phenoxy) is 1. The van der Waals surface area contributed by atoms with E-state index in [4.69, 9.17) is 9.29 Å². The summed E-state index contributed by atoms with van der Waals surface area (Å²) in [6, 6.07) is 5.14. The summed E-state index contributed by atoms with van der Waals surface area (Å²) in [4.78, 5) is 11.6. The molecule has 0 saturated heterocycles. The first-order chi connectivity index (χ1) is 14.4. The monoisotopic (exact) mass is 438 g/mol. The van der Waals surface area contributed by atoms with Crippen molar-refractivity contribution in [3.05, 3.63) is 36.4 Å². The van der Waals surface area contributed by atoms with Gasteiger partial charge in [-0.2, -0.15) is 8.42 Å². The molecule has 0 aliphatic carbocycles. The summed E-state index contributed by atoms with van der Waals surface area (Å²) in [7, 11) is -4.23. The molecule has 30 heavy (non-hydrogen) atoms. The zero-order valence-corrected chi connectivity index (χ0v) is 19.2. The van der Waals surface area contributed by atoms with Crippen LogP contribution in [-0.2, 0) is 14.9 Å². The maximum absolute atomic E-state index is 11.8. The van der Waals surface area contributed by atoms with Crippen molar-refractivity contribution >= 4 is 16.1 Å². The molecular weight excluding hydrogens is 400 g/mol. The zero-order valence-electron chi connectivity index (χ0n) is 18.4. The molecule has 0 fully saturated rings. The lowest BCUT2D eigenvalue weighted by Crippen LogP contribution is -2.07. The molecule has 0 aliphatic rings. The number of carbonyl (C=O) groups excluding carboxylic acids is 1. The van der Waals surface area contributed by atoms with E-state index in [2.05, 4.69) is 19.1 Å². The van der Waals surface area contributed by atoms with Gasteiger partial charge in [0.25, 0.3) is 10.1 Å². The Bertz CT molecular complexity index is 708. The van der Waals surface area contributed by atoms with Crippen LogP contribution in [0.2, 0.25) is 0 Å². The number of allylic oxidation sites excluding steroid dienone is 2.